The summed E-state index contributed by atoms with van der Waals surface area (Å²) < 4.78 is 8.60. The van der Waals surface area contributed by atoms with Gasteiger partial charge in [-0.3, -0.25) is 9.48 Å². The zero-order valence-corrected chi connectivity index (χ0v) is 15.4. The maximum absolute atomic E-state index is 12.6. The number of fused-ring (bicyclic) bond motifs is 1. The highest BCUT2D eigenvalue weighted by atomic mass is 32.1. The molecule has 0 saturated heterocycles. The lowest BCUT2D eigenvalue weighted by molar-refractivity contribution is 0.0952. The number of carbonyl (C=O) groups excluding carboxylic acids is 1. The molecule has 1 amide bonds. The van der Waals surface area contributed by atoms with E-state index < -0.39 is 0 Å². The average molecular weight is 365 g/mol. The second-order valence-electron chi connectivity index (χ2n) is 6.26. The SMILES string of the molecule is Cc1cc(C)n(C(CNC(=O)c2cc3ccccc3s2)c2ccco2)n1. The number of benzene rings is 1. The number of furan rings is 1. The first-order chi connectivity index (χ1) is 12.6. The van der Waals surface area contributed by atoms with E-state index in [4.69, 9.17) is 4.42 Å². The van der Waals surface area contributed by atoms with Gasteiger partial charge in [-0.25, -0.2) is 0 Å². The van der Waals surface area contributed by atoms with Crippen LogP contribution in [0.4, 0.5) is 0 Å². The summed E-state index contributed by atoms with van der Waals surface area (Å²) in [5, 5.41) is 8.68. The number of nitrogens with one attached hydrogen (secondary N) is 1. The van der Waals surface area contributed by atoms with Crippen LogP contribution in [0.25, 0.3) is 10.1 Å². The molecule has 1 N–H and O–H groups in total. The van der Waals surface area contributed by atoms with Crippen molar-refractivity contribution in [1.29, 1.82) is 0 Å². The quantitative estimate of drug-likeness (QED) is 0.573. The van der Waals surface area contributed by atoms with Gasteiger partial charge in [-0.15, -0.1) is 11.3 Å². The van der Waals surface area contributed by atoms with Gasteiger partial charge in [0.2, 0.25) is 0 Å². The summed E-state index contributed by atoms with van der Waals surface area (Å²) in [5.41, 5.74) is 1.97. The number of thiophene rings is 1. The fourth-order valence-corrected chi connectivity index (χ4v) is 4.10. The van der Waals surface area contributed by atoms with Gasteiger partial charge in [0.25, 0.3) is 5.91 Å². The van der Waals surface area contributed by atoms with Gasteiger partial charge >= 0.3 is 0 Å². The van der Waals surface area contributed by atoms with Crippen molar-refractivity contribution in [3.05, 3.63) is 76.8 Å². The smallest absolute Gasteiger partial charge is 0.261 e. The van der Waals surface area contributed by atoms with Crippen molar-refractivity contribution in [3.63, 3.8) is 0 Å². The van der Waals surface area contributed by atoms with E-state index >= 15 is 0 Å². The molecule has 3 heterocycles. The van der Waals surface area contributed by atoms with Crippen LogP contribution in [0.15, 0.2) is 59.2 Å². The maximum atomic E-state index is 12.6. The fourth-order valence-electron chi connectivity index (χ4n) is 3.12. The molecule has 132 valence electrons. The Kier molecular flexibility index (Phi) is 4.34. The highest BCUT2D eigenvalue weighted by Crippen LogP contribution is 2.25. The van der Waals surface area contributed by atoms with Crippen LogP contribution in [-0.2, 0) is 0 Å². The highest BCUT2D eigenvalue weighted by molar-refractivity contribution is 7.20. The molecule has 0 bridgehead atoms. The zero-order chi connectivity index (χ0) is 18.1. The van der Waals surface area contributed by atoms with Gasteiger partial charge in [0.15, 0.2) is 0 Å². The van der Waals surface area contributed by atoms with Crippen molar-refractivity contribution in [2.24, 2.45) is 0 Å². The minimum Gasteiger partial charge on any atom is -0.467 e. The van der Waals surface area contributed by atoms with E-state index in [1.54, 1.807) is 6.26 Å². The van der Waals surface area contributed by atoms with E-state index in [1.165, 1.54) is 11.3 Å². The number of carbonyl (C=O) groups is 1. The third-order valence-corrected chi connectivity index (χ3v) is 5.43. The molecule has 0 aliphatic heterocycles. The van der Waals surface area contributed by atoms with Crippen molar-refractivity contribution in [2.45, 2.75) is 19.9 Å². The Bertz CT molecular complexity index is 1010. The van der Waals surface area contributed by atoms with Gasteiger partial charge < -0.3 is 9.73 Å². The first-order valence-corrected chi connectivity index (χ1v) is 9.26. The van der Waals surface area contributed by atoms with Crippen molar-refractivity contribution in [1.82, 2.24) is 15.1 Å². The molecule has 3 aromatic heterocycles. The maximum Gasteiger partial charge on any atom is 0.261 e. The first kappa shape index (κ1) is 16.6. The van der Waals surface area contributed by atoms with Gasteiger partial charge in [-0.2, -0.15) is 5.10 Å². The summed E-state index contributed by atoms with van der Waals surface area (Å²) in [4.78, 5) is 13.4. The molecule has 1 unspecified atom stereocenters. The van der Waals surface area contributed by atoms with Crippen molar-refractivity contribution in [2.75, 3.05) is 6.54 Å². The van der Waals surface area contributed by atoms with Crippen LogP contribution >= 0.6 is 11.3 Å². The summed E-state index contributed by atoms with van der Waals surface area (Å²) in [6, 6.07) is 15.5. The van der Waals surface area contributed by atoms with E-state index in [2.05, 4.69) is 10.4 Å². The van der Waals surface area contributed by atoms with Crippen LogP contribution < -0.4 is 5.32 Å². The Morgan fingerprint density at radius 2 is 2.08 bits per heavy atom. The molecule has 1 aromatic carbocycles. The molecule has 26 heavy (non-hydrogen) atoms. The third kappa shape index (κ3) is 3.15. The predicted molar refractivity (Wildman–Crippen MR) is 103 cm³/mol. The molecule has 0 radical (unpaired) electrons. The molecular weight excluding hydrogens is 346 g/mol. The molecule has 5 nitrogen and oxygen atoms in total. The van der Waals surface area contributed by atoms with Crippen molar-refractivity contribution < 1.29 is 9.21 Å². The number of hydrogen-bond donors (Lipinski definition) is 1. The summed E-state index contributed by atoms with van der Waals surface area (Å²) in [6.45, 7) is 4.37. The van der Waals surface area contributed by atoms with Crippen LogP contribution in [0.3, 0.4) is 0 Å². The Balaban J connectivity index is 1.56. The molecular formula is C20H19N3O2S. The Morgan fingerprint density at radius 3 is 2.77 bits per heavy atom. The number of nitrogens with zero attached hydrogens (tertiary/aromatic N) is 2. The number of rotatable bonds is 5. The summed E-state index contributed by atoms with van der Waals surface area (Å²) >= 11 is 1.50. The Hall–Kier alpha value is -2.86. The largest absolute Gasteiger partial charge is 0.467 e. The van der Waals surface area contributed by atoms with E-state index in [0.29, 0.717) is 11.4 Å². The molecule has 0 spiro atoms. The van der Waals surface area contributed by atoms with Crippen LogP contribution in [0.5, 0.6) is 0 Å². The summed E-state index contributed by atoms with van der Waals surface area (Å²) in [7, 11) is 0. The van der Waals surface area contributed by atoms with Gasteiger partial charge in [0.1, 0.15) is 11.8 Å². The summed E-state index contributed by atoms with van der Waals surface area (Å²) in [5.74, 6) is 0.692. The summed E-state index contributed by atoms with van der Waals surface area (Å²) in [6.07, 6.45) is 1.64. The zero-order valence-electron chi connectivity index (χ0n) is 14.6. The predicted octanol–water partition coefficient (Wildman–Crippen LogP) is 4.33. The highest BCUT2D eigenvalue weighted by Gasteiger charge is 2.21. The van der Waals surface area contributed by atoms with Gasteiger partial charge in [0, 0.05) is 16.9 Å². The molecule has 0 fully saturated rings. The Morgan fingerprint density at radius 1 is 1.23 bits per heavy atom. The third-order valence-electron chi connectivity index (χ3n) is 4.32. The molecule has 0 aliphatic rings. The van der Waals surface area contributed by atoms with E-state index in [0.717, 1.165) is 27.2 Å². The van der Waals surface area contributed by atoms with Crippen LogP contribution in [0.1, 0.15) is 32.9 Å². The van der Waals surface area contributed by atoms with E-state index in [9.17, 15) is 4.79 Å². The lowest BCUT2D eigenvalue weighted by atomic mass is 10.2. The van der Waals surface area contributed by atoms with E-state index in [-0.39, 0.29) is 11.9 Å². The van der Waals surface area contributed by atoms with Crippen LogP contribution in [0.2, 0.25) is 0 Å². The van der Waals surface area contributed by atoms with Crippen LogP contribution in [-0.4, -0.2) is 22.2 Å². The number of aryl methyl sites for hydroxylation is 2. The molecule has 1 atom stereocenters. The minimum atomic E-state index is -0.183. The van der Waals surface area contributed by atoms with Crippen LogP contribution in [0, 0.1) is 13.8 Å². The minimum absolute atomic E-state index is 0.0794. The first-order valence-electron chi connectivity index (χ1n) is 8.45. The second kappa shape index (κ2) is 6.80. The average Bonchev–Trinajstić information content (AvgIpc) is 3.35. The monoisotopic (exact) mass is 365 g/mol. The van der Waals surface area contributed by atoms with Crippen molar-refractivity contribution in [3.8, 4) is 0 Å². The Labute approximate surface area is 155 Å². The lowest BCUT2D eigenvalue weighted by Crippen LogP contribution is -2.31. The standard InChI is InChI=1S/C20H19N3O2S/c1-13-10-14(2)23(22-13)16(17-7-5-9-25-17)12-21-20(24)19-11-15-6-3-4-8-18(15)26-19/h3-11,16H,12H2,1-2H3,(H,21,24). The fraction of sp³-hybridized carbons (Fsp3) is 0.200. The second-order valence-corrected chi connectivity index (χ2v) is 7.35. The van der Waals surface area contributed by atoms with Gasteiger partial charge in [-0.05, 0) is 49.6 Å². The number of amides is 1. The topological polar surface area (TPSA) is 60.1 Å². The molecule has 0 saturated carbocycles. The molecule has 4 rings (SSSR count). The van der Waals surface area contributed by atoms with Crippen molar-refractivity contribution >= 4 is 27.3 Å². The number of hydrogen-bond acceptors (Lipinski definition) is 4. The molecule has 4 aromatic rings. The van der Waals surface area contributed by atoms with Gasteiger partial charge in [0.05, 0.1) is 16.8 Å². The normalized spacial score (nSPS) is 12.4. The lowest BCUT2D eigenvalue weighted by Gasteiger charge is -2.17. The molecule has 0 aliphatic carbocycles. The molecule has 6 heteroatoms. The van der Waals surface area contributed by atoms with E-state index in [1.807, 2.05) is 67.1 Å². The number of aromatic nitrogens is 2. The van der Waals surface area contributed by atoms with Gasteiger partial charge in [-0.1, -0.05) is 18.2 Å².